The van der Waals surface area contributed by atoms with Gasteiger partial charge in [0.15, 0.2) is 0 Å². The summed E-state index contributed by atoms with van der Waals surface area (Å²) in [6.07, 6.45) is 3.34. The van der Waals surface area contributed by atoms with Crippen molar-refractivity contribution in [3.63, 3.8) is 0 Å². The highest BCUT2D eigenvalue weighted by atomic mass is 16.5. The number of rotatable bonds is 6. The Morgan fingerprint density at radius 3 is 2.96 bits per heavy atom. The van der Waals surface area contributed by atoms with E-state index in [0.717, 1.165) is 58.2 Å². The lowest BCUT2D eigenvalue weighted by molar-refractivity contribution is -0.0101. The van der Waals surface area contributed by atoms with E-state index in [0.29, 0.717) is 26.1 Å². The lowest BCUT2D eigenvalue weighted by Crippen LogP contribution is -2.48. The number of aromatic nitrogens is 3. The lowest BCUT2D eigenvalue weighted by atomic mass is 10.2. The Hall–Kier alpha value is -1.71. The van der Waals surface area contributed by atoms with Crippen molar-refractivity contribution in [2.75, 3.05) is 59.1 Å². The Labute approximate surface area is 154 Å². The largest absolute Gasteiger partial charge is 0.379 e. The van der Waals surface area contributed by atoms with Crippen LogP contribution < -0.4 is 5.32 Å². The summed E-state index contributed by atoms with van der Waals surface area (Å²) in [5.74, 6) is 0.900. The Kier molecular flexibility index (Phi) is 7.22. The first-order valence-corrected chi connectivity index (χ1v) is 9.57. The number of amides is 2. The molecule has 0 saturated carbocycles. The fourth-order valence-electron chi connectivity index (χ4n) is 3.39. The van der Waals surface area contributed by atoms with Crippen molar-refractivity contribution in [3.05, 3.63) is 12.2 Å². The third-order valence-corrected chi connectivity index (χ3v) is 4.86. The van der Waals surface area contributed by atoms with Gasteiger partial charge in [-0.15, -0.1) is 10.2 Å². The van der Waals surface area contributed by atoms with E-state index < -0.39 is 0 Å². The number of carbonyl (C=O) groups is 1. The zero-order chi connectivity index (χ0) is 18.2. The molecule has 26 heavy (non-hydrogen) atoms. The number of nitrogens with one attached hydrogen (secondary N) is 1. The molecule has 9 heteroatoms. The second-order valence-electron chi connectivity index (χ2n) is 6.72. The maximum Gasteiger partial charge on any atom is 0.317 e. The Morgan fingerprint density at radius 2 is 2.15 bits per heavy atom. The van der Waals surface area contributed by atoms with Gasteiger partial charge >= 0.3 is 6.03 Å². The maximum absolute atomic E-state index is 12.6. The molecule has 3 rings (SSSR count). The summed E-state index contributed by atoms with van der Waals surface area (Å²) in [6.45, 7) is 9.80. The number of urea groups is 1. The van der Waals surface area contributed by atoms with Gasteiger partial charge < -0.3 is 24.3 Å². The molecule has 1 aromatic rings. The van der Waals surface area contributed by atoms with Crippen LogP contribution in [-0.2, 0) is 22.4 Å². The molecule has 146 valence electrons. The molecule has 2 aliphatic heterocycles. The van der Waals surface area contributed by atoms with Crippen molar-refractivity contribution in [1.29, 1.82) is 0 Å². The van der Waals surface area contributed by atoms with Crippen molar-refractivity contribution >= 4 is 6.03 Å². The standard InChI is InChI=1S/C17H30N6O3/c1-2-22-14-19-20-16(22)4-5-18-17(24)23-6-3-9-26-15(13-23)12-21-7-10-25-11-8-21/h14-15H,2-13H2,1H3,(H,18,24)/t15-/m0/s1. The molecule has 0 unspecified atom stereocenters. The molecular weight excluding hydrogens is 336 g/mol. The van der Waals surface area contributed by atoms with Crippen molar-refractivity contribution in [2.45, 2.75) is 32.4 Å². The summed E-state index contributed by atoms with van der Waals surface area (Å²) < 4.78 is 13.3. The topological polar surface area (TPSA) is 84.8 Å². The third-order valence-electron chi connectivity index (χ3n) is 4.86. The highest BCUT2D eigenvalue weighted by molar-refractivity contribution is 5.74. The molecule has 1 aromatic heterocycles. The van der Waals surface area contributed by atoms with Crippen molar-refractivity contribution in [2.24, 2.45) is 0 Å². The van der Waals surface area contributed by atoms with Crippen LogP contribution >= 0.6 is 0 Å². The van der Waals surface area contributed by atoms with Gasteiger partial charge in [0.05, 0.1) is 19.3 Å². The zero-order valence-electron chi connectivity index (χ0n) is 15.6. The van der Waals surface area contributed by atoms with Gasteiger partial charge in [-0.1, -0.05) is 0 Å². The molecule has 0 bridgehead atoms. The van der Waals surface area contributed by atoms with Crippen LogP contribution in [0.5, 0.6) is 0 Å². The zero-order valence-corrected chi connectivity index (χ0v) is 15.6. The van der Waals surface area contributed by atoms with E-state index in [-0.39, 0.29) is 12.1 Å². The van der Waals surface area contributed by atoms with Crippen molar-refractivity contribution in [3.8, 4) is 0 Å². The fraction of sp³-hybridized carbons (Fsp3) is 0.824. The van der Waals surface area contributed by atoms with E-state index in [1.807, 2.05) is 9.47 Å². The summed E-state index contributed by atoms with van der Waals surface area (Å²) >= 11 is 0. The maximum atomic E-state index is 12.6. The SMILES string of the molecule is CCn1cnnc1CCNC(=O)N1CCCO[C@@H](CN2CCOCC2)C1. The first kappa shape index (κ1) is 19.1. The molecular formula is C17H30N6O3. The van der Waals surface area contributed by atoms with Crippen LogP contribution in [0, 0.1) is 0 Å². The highest BCUT2D eigenvalue weighted by Crippen LogP contribution is 2.09. The summed E-state index contributed by atoms with van der Waals surface area (Å²) in [7, 11) is 0. The first-order chi connectivity index (χ1) is 12.8. The van der Waals surface area contributed by atoms with Crippen LogP contribution in [0.1, 0.15) is 19.2 Å². The molecule has 0 aromatic carbocycles. The molecule has 0 spiro atoms. The number of morpholine rings is 1. The molecule has 0 radical (unpaired) electrons. The molecule has 1 N–H and O–H groups in total. The number of hydrogen-bond acceptors (Lipinski definition) is 6. The van der Waals surface area contributed by atoms with Crippen LogP contribution in [0.25, 0.3) is 0 Å². The molecule has 2 amide bonds. The van der Waals surface area contributed by atoms with Crippen LogP contribution in [-0.4, -0.2) is 95.8 Å². The van der Waals surface area contributed by atoms with E-state index >= 15 is 0 Å². The highest BCUT2D eigenvalue weighted by Gasteiger charge is 2.25. The minimum Gasteiger partial charge on any atom is -0.379 e. The normalized spacial score (nSPS) is 22.2. The smallest absolute Gasteiger partial charge is 0.317 e. The lowest BCUT2D eigenvalue weighted by Gasteiger charge is -2.31. The number of carbonyl (C=O) groups excluding carboxylic acids is 1. The molecule has 2 saturated heterocycles. The van der Waals surface area contributed by atoms with Gasteiger partial charge in [0.25, 0.3) is 0 Å². The van der Waals surface area contributed by atoms with E-state index in [1.54, 1.807) is 6.33 Å². The average Bonchev–Trinajstić information content (AvgIpc) is 2.99. The van der Waals surface area contributed by atoms with E-state index in [2.05, 4.69) is 27.3 Å². The minimum absolute atomic E-state index is 0.0231. The predicted molar refractivity (Wildman–Crippen MR) is 96.0 cm³/mol. The van der Waals surface area contributed by atoms with Crippen molar-refractivity contribution in [1.82, 2.24) is 29.9 Å². The van der Waals surface area contributed by atoms with Gasteiger partial charge in [-0.05, 0) is 13.3 Å². The van der Waals surface area contributed by atoms with Gasteiger partial charge in [0.2, 0.25) is 0 Å². The van der Waals surface area contributed by atoms with Gasteiger partial charge in [-0.2, -0.15) is 0 Å². The summed E-state index contributed by atoms with van der Waals surface area (Å²) in [6, 6.07) is -0.0231. The molecule has 9 nitrogen and oxygen atoms in total. The van der Waals surface area contributed by atoms with Gasteiger partial charge in [0.1, 0.15) is 12.2 Å². The Bertz CT molecular complexity index is 560. The second kappa shape index (κ2) is 9.84. The van der Waals surface area contributed by atoms with Gasteiger partial charge in [0, 0.05) is 58.8 Å². The summed E-state index contributed by atoms with van der Waals surface area (Å²) in [5.41, 5.74) is 0. The summed E-state index contributed by atoms with van der Waals surface area (Å²) in [4.78, 5) is 16.8. The predicted octanol–water partition coefficient (Wildman–Crippen LogP) is -0.0268. The van der Waals surface area contributed by atoms with E-state index in [1.165, 1.54) is 0 Å². The van der Waals surface area contributed by atoms with Crippen LogP contribution in [0.2, 0.25) is 0 Å². The van der Waals surface area contributed by atoms with Crippen LogP contribution in [0.4, 0.5) is 4.79 Å². The fourth-order valence-corrected chi connectivity index (χ4v) is 3.39. The van der Waals surface area contributed by atoms with E-state index in [4.69, 9.17) is 9.47 Å². The summed E-state index contributed by atoms with van der Waals surface area (Å²) in [5, 5.41) is 11.0. The average molecular weight is 366 g/mol. The monoisotopic (exact) mass is 366 g/mol. The number of hydrogen-bond donors (Lipinski definition) is 1. The number of ether oxygens (including phenoxy) is 2. The molecule has 1 atom stereocenters. The second-order valence-corrected chi connectivity index (χ2v) is 6.72. The molecule has 0 aliphatic carbocycles. The number of nitrogens with zero attached hydrogens (tertiary/aromatic N) is 5. The van der Waals surface area contributed by atoms with E-state index in [9.17, 15) is 4.79 Å². The third kappa shape index (κ3) is 5.39. The Morgan fingerprint density at radius 1 is 1.31 bits per heavy atom. The quantitative estimate of drug-likeness (QED) is 0.761. The van der Waals surface area contributed by atoms with Crippen molar-refractivity contribution < 1.29 is 14.3 Å². The number of aryl methyl sites for hydroxylation is 1. The molecule has 2 aliphatic rings. The first-order valence-electron chi connectivity index (χ1n) is 9.57. The molecule has 2 fully saturated rings. The van der Waals surface area contributed by atoms with Crippen LogP contribution in [0.15, 0.2) is 6.33 Å². The Balaban J connectivity index is 1.44. The van der Waals surface area contributed by atoms with Gasteiger partial charge in [-0.3, -0.25) is 4.90 Å². The van der Waals surface area contributed by atoms with Crippen LogP contribution in [0.3, 0.4) is 0 Å². The minimum atomic E-state index is -0.0231. The molecule has 3 heterocycles. The van der Waals surface area contributed by atoms with Gasteiger partial charge in [-0.25, -0.2) is 4.79 Å².